The summed E-state index contributed by atoms with van der Waals surface area (Å²) in [5.74, 6) is 0. The Kier molecular flexibility index (Phi) is 3.17. The Morgan fingerprint density at radius 2 is 2.18 bits per heavy atom. The summed E-state index contributed by atoms with van der Waals surface area (Å²) in [6, 6.07) is 1.56. The van der Waals surface area contributed by atoms with Gasteiger partial charge in [-0.1, -0.05) is 15.9 Å². The fraction of sp³-hybridized carbons (Fsp3) is 0.167. The number of halogens is 4. The first kappa shape index (κ1) is 9.31. The summed E-state index contributed by atoms with van der Waals surface area (Å²) >= 11 is 4.98. The van der Waals surface area contributed by atoms with Crippen LogP contribution < -0.4 is 0 Å². The molecule has 1 rings (SSSR count). The van der Waals surface area contributed by atoms with Crippen molar-refractivity contribution in [2.45, 2.75) is 6.43 Å². The van der Waals surface area contributed by atoms with Gasteiger partial charge in [0, 0.05) is 10.7 Å². The summed E-state index contributed by atoms with van der Waals surface area (Å²) in [7, 11) is 0. The van der Waals surface area contributed by atoms with Crippen molar-refractivity contribution in [3.05, 3.63) is 26.0 Å². The Morgan fingerprint density at radius 1 is 1.55 bits per heavy atom. The van der Waals surface area contributed by atoms with Crippen LogP contribution in [0.1, 0.15) is 12.0 Å². The number of hydrogen-bond acceptors (Lipinski definition) is 1. The van der Waals surface area contributed by atoms with E-state index in [-0.39, 0.29) is 5.56 Å². The summed E-state index contributed by atoms with van der Waals surface area (Å²) < 4.78 is 25.3. The lowest BCUT2D eigenvalue weighted by Crippen LogP contribution is -1.89. The van der Waals surface area contributed by atoms with Crippen molar-refractivity contribution in [3.63, 3.8) is 0 Å². The molecule has 5 heteroatoms. The van der Waals surface area contributed by atoms with E-state index < -0.39 is 6.43 Å². The van der Waals surface area contributed by atoms with Crippen LogP contribution in [0, 0.1) is 3.70 Å². The van der Waals surface area contributed by atoms with E-state index in [1.165, 1.54) is 6.20 Å². The number of alkyl halides is 2. The summed E-state index contributed by atoms with van der Waals surface area (Å²) in [5.41, 5.74) is -0.0644. The van der Waals surface area contributed by atoms with E-state index in [0.29, 0.717) is 8.17 Å². The Bertz CT molecular complexity index is 267. The predicted molar refractivity (Wildman–Crippen MR) is 49.6 cm³/mol. The third kappa shape index (κ3) is 2.33. The number of pyridine rings is 1. The van der Waals surface area contributed by atoms with Crippen molar-refractivity contribution >= 4 is 38.5 Å². The molecule has 0 atom stereocenters. The standard InChI is InChI=1S/C6H3BrF2IN/c7-4-1-5(10)11-2-3(4)6(8)9/h1-2,6H. The van der Waals surface area contributed by atoms with E-state index in [9.17, 15) is 8.78 Å². The molecule has 1 heterocycles. The second kappa shape index (κ2) is 3.75. The minimum Gasteiger partial charge on any atom is -0.250 e. The molecule has 0 saturated heterocycles. The number of hydrogen-bond donors (Lipinski definition) is 0. The first-order valence-electron chi connectivity index (χ1n) is 2.70. The molecule has 0 aliphatic heterocycles. The quantitative estimate of drug-likeness (QED) is 0.567. The highest BCUT2D eigenvalue weighted by Gasteiger charge is 2.11. The summed E-state index contributed by atoms with van der Waals surface area (Å²) in [4.78, 5) is 3.74. The first-order valence-corrected chi connectivity index (χ1v) is 4.57. The van der Waals surface area contributed by atoms with Crippen LogP contribution in [0.2, 0.25) is 0 Å². The Morgan fingerprint density at radius 3 is 2.64 bits per heavy atom. The molecule has 0 aliphatic rings. The van der Waals surface area contributed by atoms with Crippen molar-refractivity contribution < 1.29 is 8.78 Å². The van der Waals surface area contributed by atoms with Gasteiger partial charge in [-0.25, -0.2) is 13.8 Å². The van der Waals surface area contributed by atoms with E-state index >= 15 is 0 Å². The van der Waals surface area contributed by atoms with Crippen molar-refractivity contribution in [2.24, 2.45) is 0 Å². The average Bonchev–Trinajstić information content (AvgIpc) is 1.85. The fourth-order valence-electron chi connectivity index (χ4n) is 0.579. The molecule has 11 heavy (non-hydrogen) atoms. The second-order valence-electron chi connectivity index (χ2n) is 1.83. The van der Waals surface area contributed by atoms with Crippen LogP contribution in [-0.4, -0.2) is 4.98 Å². The highest BCUT2D eigenvalue weighted by atomic mass is 127. The molecule has 0 fully saturated rings. The summed E-state index contributed by atoms with van der Waals surface area (Å²) in [6.45, 7) is 0. The van der Waals surface area contributed by atoms with Crippen molar-refractivity contribution in [3.8, 4) is 0 Å². The van der Waals surface area contributed by atoms with Gasteiger partial charge in [0.15, 0.2) is 0 Å². The molecule has 60 valence electrons. The Hall–Kier alpha value is 0.220. The van der Waals surface area contributed by atoms with E-state index in [1.54, 1.807) is 6.07 Å². The van der Waals surface area contributed by atoms with E-state index in [4.69, 9.17) is 0 Å². The van der Waals surface area contributed by atoms with Gasteiger partial charge in [-0.05, 0) is 28.7 Å². The monoisotopic (exact) mass is 333 g/mol. The molecule has 0 radical (unpaired) electrons. The SMILES string of the molecule is FC(F)c1cnc(I)cc1Br. The maximum Gasteiger partial charge on any atom is 0.266 e. The van der Waals surface area contributed by atoms with Crippen LogP contribution >= 0.6 is 38.5 Å². The van der Waals surface area contributed by atoms with Gasteiger partial charge in [-0.15, -0.1) is 0 Å². The Labute approximate surface area is 84.5 Å². The topological polar surface area (TPSA) is 12.9 Å². The molecule has 0 amide bonds. The van der Waals surface area contributed by atoms with Crippen LogP contribution in [0.5, 0.6) is 0 Å². The molecular weight excluding hydrogens is 331 g/mol. The largest absolute Gasteiger partial charge is 0.266 e. The maximum atomic E-state index is 12.1. The van der Waals surface area contributed by atoms with Gasteiger partial charge in [0.2, 0.25) is 0 Å². The average molecular weight is 334 g/mol. The van der Waals surface area contributed by atoms with E-state index in [0.717, 1.165) is 0 Å². The lowest BCUT2D eigenvalue weighted by Gasteiger charge is -2.01. The lowest BCUT2D eigenvalue weighted by molar-refractivity contribution is 0.150. The van der Waals surface area contributed by atoms with Crippen LogP contribution in [0.4, 0.5) is 8.78 Å². The minimum atomic E-state index is -2.46. The van der Waals surface area contributed by atoms with Crippen LogP contribution in [-0.2, 0) is 0 Å². The molecule has 0 aromatic carbocycles. The molecule has 0 N–H and O–H groups in total. The number of rotatable bonds is 1. The molecule has 0 unspecified atom stereocenters. The predicted octanol–water partition coefficient (Wildman–Crippen LogP) is 3.39. The molecule has 1 nitrogen and oxygen atoms in total. The highest BCUT2D eigenvalue weighted by molar-refractivity contribution is 14.1. The zero-order valence-electron chi connectivity index (χ0n) is 5.19. The van der Waals surface area contributed by atoms with Gasteiger partial charge in [0.25, 0.3) is 6.43 Å². The van der Waals surface area contributed by atoms with Crippen LogP contribution in [0.15, 0.2) is 16.7 Å². The highest BCUT2D eigenvalue weighted by Crippen LogP contribution is 2.26. The molecule has 0 bridgehead atoms. The number of nitrogens with zero attached hydrogens (tertiary/aromatic N) is 1. The van der Waals surface area contributed by atoms with Crippen LogP contribution in [0.3, 0.4) is 0 Å². The minimum absolute atomic E-state index is 0.0644. The Balaban J connectivity index is 3.09. The zero-order valence-corrected chi connectivity index (χ0v) is 8.93. The molecule has 0 spiro atoms. The number of aromatic nitrogens is 1. The van der Waals surface area contributed by atoms with Gasteiger partial charge in [0.05, 0.1) is 5.56 Å². The van der Waals surface area contributed by atoms with Crippen LogP contribution in [0.25, 0.3) is 0 Å². The van der Waals surface area contributed by atoms with Gasteiger partial charge in [-0.3, -0.25) is 0 Å². The van der Waals surface area contributed by atoms with E-state index in [2.05, 4.69) is 20.9 Å². The molecule has 1 aromatic rings. The molecule has 0 saturated carbocycles. The van der Waals surface area contributed by atoms with Gasteiger partial charge in [0.1, 0.15) is 3.70 Å². The normalized spacial score (nSPS) is 10.6. The summed E-state index contributed by atoms with van der Waals surface area (Å²) in [5, 5.41) is 0. The third-order valence-electron chi connectivity index (χ3n) is 1.08. The van der Waals surface area contributed by atoms with E-state index in [1.807, 2.05) is 22.6 Å². The lowest BCUT2D eigenvalue weighted by atomic mass is 10.3. The molecule has 1 aromatic heterocycles. The van der Waals surface area contributed by atoms with Gasteiger partial charge < -0.3 is 0 Å². The van der Waals surface area contributed by atoms with Crippen molar-refractivity contribution in [1.82, 2.24) is 4.98 Å². The third-order valence-corrected chi connectivity index (χ3v) is 2.36. The smallest absolute Gasteiger partial charge is 0.250 e. The first-order chi connectivity index (χ1) is 5.11. The van der Waals surface area contributed by atoms with Gasteiger partial charge >= 0.3 is 0 Å². The van der Waals surface area contributed by atoms with Gasteiger partial charge in [-0.2, -0.15) is 0 Å². The van der Waals surface area contributed by atoms with Crippen molar-refractivity contribution in [2.75, 3.05) is 0 Å². The maximum absolute atomic E-state index is 12.1. The summed E-state index contributed by atoms with van der Waals surface area (Å²) in [6.07, 6.45) is -1.29. The van der Waals surface area contributed by atoms with Crippen molar-refractivity contribution in [1.29, 1.82) is 0 Å². The zero-order chi connectivity index (χ0) is 8.43. The molecule has 0 aliphatic carbocycles. The fourth-order valence-corrected chi connectivity index (χ4v) is 1.95. The second-order valence-corrected chi connectivity index (χ2v) is 3.79. The molecular formula is C6H3BrF2IN.